The molecule has 10 aromatic rings. The second-order valence-corrected chi connectivity index (χ2v) is 13.5. The monoisotopic (exact) mass is 703 g/mol. The average molecular weight is 704 g/mol. The van der Waals surface area contributed by atoms with Crippen LogP contribution in [-0.4, -0.2) is 24.3 Å². The molecule has 3 heterocycles. The van der Waals surface area contributed by atoms with Gasteiger partial charge in [0.15, 0.2) is 17.5 Å². The standard InChI is InChI=1S/C50H33N5/c1-4-17-35(18-5-1)47-46(51-45-28-12-13-29-55(45)47)39-25-14-24-38(30-39)40-31-41(44-27-15-23-34-16-10-11-26-43(34)44)33-42(32-40)50-53-48(36-19-6-2-7-20-36)52-49(54-50)37-21-8-3-9-22-37/h1-33H. The first-order valence-electron chi connectivity index (χ1n) is 18.4. The molecular weight excluding hydrogens is 671 g/mol. The van der Waals surface area contributed by atoms with Crippen molar-refractivity contribution in [3.63, 3.8) is 0 Å². The molecule has 10 rings (SSSR count). The highest BCUT2D eigenvalue weighted by molar-refractivity contribution is 5.98. The van der Waals surface area contributed by atoms with Crippen LogP contribution in [0.3, 0.4) is 0 Å². The van der Waals surface area contributed by atoms with Crippen LogP contribution in [0.5, 0.6) is 0 Å². The summed E-state index contributed by atoms with van der Waals surface area (Å²) in [5, 5.41) is 2.37. The van der Waals surface area contributed by atoms with E-state index >= 15 is 0 Å². The number of pyridine rings is 1. The van der Waals surface area contributed by atoms with Crippen molar-refractivity contribution in [3.05, 3.63) is 200 Å². The number of aromatic nitrogens is 5. The first kappa shape index (κ1) is 32.2. The van der Waals surface area contributed by atoms with Crippen molar-refractivity contribution in [2.45, 2.75) is 0 Å². The van der Waals surface area contributed by atoms with Gasteiger partial charge in [-0.3, -0.25) is 4.40 Å². The van der Waals surface area contributed by atoms with Crippen molar-refractivity contribution in [1.29, 1.82) is 0 Å². The van der Waals surface area contributed by atoms with E-state index in [0.29, 0.717) is 17.5 Å². The maximum absolute atomic E-state index is 5.17. The van der Waals surface area contributed by atoms with Crippen LogP contribution in [0.15, 0.2) is 200 Å². The maximum Gasteiger partial charge on any atom is 0.164 e. The van der Waals surface area contributed by atoms with Gasteiger partial charge in [0.05, 0.1) is 11.4 Å². The molecule has 3 aromatic heterocycles. The molecule has 0 saturated heterocycles. The molecule has 0 fully saturated rings. The molecule has 258 valence electrons. The topological polar surface area (TPSA) is 56.0 Å². The van der Waals surface area contributed by atoms with Crippen LogP contribution in [0.25, 0.3) is 95.4 Å². The number of hydrogen-bond acceptors (Lipinski definition) is 4. The summed E-state index contributed by atoms with van der Waals surface area (Å²) in [4.78, 5) is 20.4. The Balaban J connectivity index is 1.19. The molecule has 0 unspecified atom stereocenters. The lowest BCUT2D eigenvalue weighted by Gasteiger charge is -2.14. The van der Waals surface area contributed by atoms with Crippen LogP contribution >= 0.6 is 0 Å². The van der Waals surface area contributed by atoms with Crippen molar-refractivity contribution >= 4 is 16.4 Å². The van der Waals surface area contributed by atoms with Crippen LogP contribution in [0, 0.1) is 0 Å². The van der Waals surface area contributed by atoms with E-state index in [1.165, 1.54) is 10.8 Å². The molecule has 0 amide bonds. The highest BCUT2D eigenvalue weighted by Gasteiger charge is 2.18. The molecule has 5 nitrogen and oxygen atoms in total. The van der Waals surface area contributed by atoms with Crippen molar-refractivity contribution in [3.8, 4) is 78.9 Å². The molecule has 0 aliphatic heterocycles. The maximum atomic E-state index is 5.17. The normalized spacial score (nSPS) is 11.3. The van der Waals surface area contributed by atoms with Gasteiger partial charge in [-0.1, -0.05) is 158 Å². The van der Waals surface area contributed by atoms with Gasteiger partial charge in [0.1, 0.15) is 5.65 Å². The molecular formula is C50H33N5. The summed E-state index contributed by atoms with van der Waals surface area (Å²) in [7, 11) is 0. The lowest BCUT2D eigenvalue weighted by molar-refractivity contribution is 1.07. The van der Waals surface area contributed by atoms with Crippen LogP contribution in [0.2, 0.25) is 0 Å². The Bertz CT molecular complexity index is 2910. The van der Waals surface area contributed by atoms with Crippen LogP contribution in [0.1, 0.15) is 0 Å². The van der Waals surface area contributed by atoms with Gasteiger partial charge in [-0.2, -0.15) is 0 Å². The minimum atomic E-state index is 0.610. The Morgan fingerprint density at radius 3 is 1.56 bits per heavy atom. The summed E-state index contributed by atoms with van der Waals surface area (Å²) >= 11 is 0. The van der Waals surface area contributed by atoms with Gasteiger partial charge in [-0.05, 0) is 69.4 Å². The molecule has 0 atom stereocenters. The second kappa shape index (κ2) is 13.8. The van der Waals surface area contributed by atoms with Crippen LogP contribution < -0.4 is 0 Å². The van der Waals surface area contributed by atoms with Gasteiger partial charge < -0.3 is 0 Å². The molecule has 5 heteroatoms. The summed E-state index contributed by atoms with van der Waals surface area (Å²) in [6.07, 6.45) is 2.08. The zero-order chi connectivity index (χ0) is 36.6. The van der Waals surface area contributed by atoms with Gasteiger partial charge in [0, 0.05) is 34.0 Å². The molecule has 0 N–H and O–H groups in total. The van der Waals surface area contributed by atoms with Crippen LogP contribution in [-0.2, 0) is 0 Å². The van der Waals surface area contributed by atoms with Gasteiger partial charge in [-0.15, -0.1) is 0 Å². The molecule has 55 heavy (non-hydrogen) atoms. The van der Waals surface area contributed by atoms with E-state index in [4.69, 9.17) is 19.9 Å². The second-order valence-electron chi connectivity index (χ2n) is 13.5. The van der Waals surface area contributed by atoms with Crippen molar-refractivity contribution in [1.82, 2.24) is 24.3 Å². The predicted octanol–water partition coefficient (Wildman–Crippen LogP) is 12.3. The molecule has 0 bridgehead atoms. The Kier molecular flexibility index (Phi) is 8.08. The fraction of sp³-hybridized carbons (Fsp3) is 0. The van der Waals surface area contributed by atoms with Gasteiger partial charge in [-0.25, -0.2) is 19.9 Å². The number of hydrogen-bond donors (Lipinski definition) is 0. The number of rotatable bonds is 7. The average Bonchev–Trinajstić information content (AvgIpc) is 3.67. The Hall–Kier alpha value is -7.50. The van der Waals surface area contributed by atoms with Crippen molar-refractivity contribution in [2.75, 3.05) is 0 Å². The Labute approximate surface area is 319 Å². The summed E-state index contributed by atoms with van der Waals surface area (Å²) in [6, 6.07) is 67.3. The van der Waals surface area contributed by atoms with Crippen LogP contribution in [0.4, 0.5) is 0 Å². The number of imidazole rings is 1. The van der Waals surface area contributed by atoms with E-state index in [2.05, 4.69) is 132 Å². The zero-order valence-corrected chi connectivity index (χ0v) is 29.8. The number of benzene rings is 7. The molecule has 0 aliphatic rings. The minimum absolute atomic E-state index is 0.610. The fourth-order valence-corrected chi connectivity index (χ4v) is 7.41. The summed E-state index contributed by atoms with van der Waals surface area (Å²) in [6.45, 7) is 0. The molecule has 0 saturated carbocycles. The number of nitrogens with zero attached hydrogens (tertiary/aromatic N) is 5. The zero-order valence-electron chi connectivity index (χ0n) is 29.8. The number of fused-ring (bicyclic) bond motifs is 2. The van der Waals surface area contributed by atoms with Gasteiger partial charge in [0.2, 0.25) is 0 Å². The van der Waals surface area contributed by atoms with Gasteiger partial charge in [0.25, 0.3) is 0 Å². The predicted molar refractivity (Wildman–Crippen MR) is 224 cm³/mol. The SMILES string of the molecule is c1ccc(-c2nc(-c3ccccc3)nc(-c3cc(-c4cccc(-c5nc6ccccn6c5-c5ccccc5)c4)cc(-c4cccc5ccccc45)c3)n2)cc1. The Morgan fingerprint density at radius 2 is 0.836 bits per heavy atom. The van der Waals surface area contributed by atoms with Crippen molar-refractivity contribution in [2.24, 2.45) is 0 Å². The lowest BCUT2D eigenvalue weighted by Crippen LogP contribution is -2.00. The summed E-state index contributed by atoms with van der Waals surface area (Å²) in [5.41, 5.74) is 12.2. The molecule has 0 spiro atoms. The Morgan fingerprint density at radius 1 is 0.327 bits per heavy atom. The molecule has 0 radical (unpaired) electrons. The third kappa shape index (κ3) is 6.14. The third-order valence-corrected chi connectivity index (χ3v) is 10.0. The van der Waals surface area contributed by atoms with E-state index in [9.17, 15) is 0 Å². The highest BCUT2D eigenvalue weighted by atomic mass is 15.0. The van der Waals surface area contributed by atoms with Gasteiger partial charge >= 0.3 is 0 Å². The molecule has 0 aliphatic carbocycles. The smallest absolute Gasteiger partial charge is 0.164 e. The van der Waals surface area contributed by atoms with E-state index in [-0.39, 0.29) is 0 Å². The third-order valence-electron chi connectivity index (χ3n) is 10.0. The summed E-state index contributed by atoms with van der Waals surface area (Å²) in [5.74, 6) is 1.87. The van der Waals surface area contributed by atoms with E-state index < -0.39 is 0 Å². The van der Waals surface area contributed by atoms with Crippen molar-refractivity contribution < 1.29 is 0 Å². The fourth-order valence-electron chi connectivity index (χ4n) is 7.41. The molecule has 7 aromatic carbocycles. The van der Waals surface area contributed by atoms with E-state index in [1.807, 2.05) is 72.8 Å². The lowest BCUT2D eigenvalue weighted by atomic mass is 9.92. The van der Waals surface area contributed by atoms with E-state index in [1.54, 1.807) is 0 Å². The van der Waals surface area contributed by atoms with E-state index in [0.717, 1.165) is 67.1 Å². The summed E-state index contributed by atoms with van der Waals surface area (Å²) < 4.78 is 2.17. The minimum Gasteiger partial charge on any atom is -0.299 e. The first-order valence-corrected chi connectivity index (χ1v) is 18.4. The largest absolute Gasteiger partial charge is 0.299 e. The first-order chi connectivity index (χ1) is 27.2. The highest BCUT2D eigenvalue weighted by Crippen LogP contribution is 2.39. The quantitative estimate of drug-likeness (QED) is 0.166.